The summed E-state index contributed by atoms with van der Waals surface area (Å²) in [5.74, 6) is 1.48. The molecule has 2 aromatic heterocycles. The summed E-state index contributed by atoms with van der Waals surface area (Å²) in [7, 11) is 0. The Balaban J connectivity index is 0.874. The van der Waals surface area contributed by atoms with Crippen LogP contribution in [0, 0.1) is 5.92 Å². The van der Waals surface area contributed by atoms with Crippen LogP contribution in [0.15, 0.2) is 103 Å². The summed E-state index contributed by atoms with van der Waals surface area (Å²) in [6.07, 6.45) is 9.15. The van der Waals surface area contributed by atoms with E-state index in [1.165, 1.54) is 0 Å². The van der Waals surface area contributed by atoms with Gasteiger partial charge in [-0.2, -0.15) is 0 Å². The molecule has 2 aliphatic heterocycles. The van der Waals surface area contributed by atoms with Gasteiger partial charge in [0.1, 0.15) is 17.7 Å². The van der Waals surface area contributed by atoms with Gasteiger partial charge in [0.2, 0.25) is 11.8 Å². The van der Waals surface area contributed by atoms with Crippen molar-refractivity contribution in [2.24, 2.45) is 11.7 Å². The van der Waals surface area contributed by atoms with E-state index in [-0.39, 0.29) is 41.9 Å². The van der Waals surface area contributed by atoms with E-state index in [1.807, 2.05) is 66.4 Å². The number of aromatic nitrogens is 4. The zero-order valence-corrected chi connectivity index (χ0v) is 33.5. The van der Waals surface area contributed by atoms with E-state index in [4.69, 9.17) is 15.7 Å². The highest BCUT2D eigenvalue weighted by atomic mass is 16.2. The van der Waals surface area contributed by atoms with Gasteiger partial charge in [0, 0.05) is 30.9 Å². The number of benzene rings is 4. The maximum atomic E-state index is 14.1. The lowest BCUT2D eigenvalue weighted by Gasteiger charge is -2.28. The van der Waals surface area contributed by atoms with Crippen molar-refractivity contribution >= 4 is 28.6 Å². The average Bonchev–Trinajstić information content (AvgIpc) is 3.78. The summed E-state index contributed by atoms with van der Waals surface area (Å²) >= 11 is 0. The van der Waals surface area contributed by atoms with Crippen LogP contribution in [-0.4, -0.2) is 72.8 Å². The van der Waals surface area contributed by atoms with Crippen molar-refractivity contribution in [2.45, 2.75) is 82.6 Å². The molecule has 12 heteroatoms. The number of nitrogens with two attached hydrogens (primary N) is 1. The van der Waals surface area contributed by atoms with Gasteiger partial charge in [-0.15, -0.1) is 0 Å². The first kappa shape index (κ1) is 38.3. The third-order valence-electron chi connectivity index (χ3n) is 12.1. The summed E-state index contributed by atoms with van der Waals surface area (Å²) in [5.41, 5.74) is 12.9. The van der Waals surface area contributed by atoms with Crippen LogP contribution in [0.3, 0.4) is 0 Å². The fourth-order valence-electron chi connectivity index (χ4n) is 8.53. The molecule has 0 bridgehead atoms. The molecule has 6 N–H and O–H groups in total. The number of rotatable bonds is 11. The summed E-state index contributed by atoms with van der Waals surface area (Å²) in [6.45, 7) is 5.26. The Hall–Kier alpha value is -6.27. The highest BCUT2D eigenvalue weighted by Crippen LogP contribution is 2.36. The van der Waals surface area contributed by atoms with Gasteiger partial charge in [-0.3, -0.25) is 9.59 Å². The summed E-state index contributed by atoms with van der Waals surface area (Å²) in [4.78, 5) is 60.3. The molecule has 3 aliphatic rings. The molecule has 3 fully saturated rings. The number of hydrogen-bond donors (Lipinski definition) is 5. The van der Waals surface area contributed by atoms with E-state index < -0.39 is 12.1 Å². The molecular formula is C47H51N9O3. The maximum Gasteiger partial charge on any atom is 0.315 e. The Labute approximate surface area is 344 Å². The molecule has 4 amide bonds. The van der Waals surface area contributed by atoms with E-state index in [1.54, 1.807) is 0 Å². The van der Waals surface area contributed by atoms with Crippen LogP contribution < -0.4 is 16.4 Å². The SMILES string of the molecule is CC(C)[C@H](N)C(=O)N1CCC[C@H]1c1nc(-c2ccc3cc(-c4ccc(-c5cnc([C@@H]6CCCN6C(=O)[C@H](NC(=O)NC6CC6)c6ccccc6)[nH]5)cc4)ccc3c2)c[nH]1. The molecule has 1 saturated carbocycles. The monoisotopic (exact) mass is 789 g/mol. The topological polar surface area (TPSA) is 165 Å². The van der Waals surface area contributed by atoms with Crippen molar-refractivity contribution in [3.8, 4) is 33.6 Å². The van der Waals surface area contributed by atoms with Gasteiger partial charge in [0.25, 0.3) is 0 Å². The number of fused-ring (bicyclic) bond motifs is 1. The Morgan fingerprint density at radius 2 is 1.37 bits per heavy atom. The second-order valence-corrected chi connectivity index (χ2v) is 16.6. The first-order valence-corrected chi connectivity index (χ1v) is 20.9. The molecule has 4 aromatic carbocycles. The van der Waals surface area contributed by atoms with Gasteiger partial charge in [0.05, 0.1) is 35.7 Å². The molecule has 0 spiro atoms. The molecule has 4 atom stereocenters. The largest absolute Gasteiger partial charge is 0.346 e. The highest BCUT2D eigenvalue weighted by molar-refractivity contribution is 5.91. The quantitative estimate of drug-likeness (QED) is 0.0899. The van der Waals surface area contributed by atoms with Crippen molar-refractivity contribution in [3.63, 3.8) is 0 Å². The molecule has 2 saturated heterocycles. The van der Waals surface area contributed by atoms with Crippen LogP contribution in [0.5, 0.6) is 0 Å². The summed E-state index contributed by atoms with van der Waals surface area (Å²) in [6, 6.07) is 29.0. The molecule has 0 unspecified atom stereocenters. The fourth-order valence-corrected chi connectivity index (χ4v) is 8.53. The van der Waals surface area contributed by atoms with Crippen molar-refractivity contribution < 1.29 is 14.4 Å². The van der Waals surface area contributed by atoms with Crippen molar-refractivity contribution in [2.75, 3.05) is 13.1 Å². The van der Waals surface area contributed by atoms with Crippen molar-refractivity contribution in [1.82, 2.24) is 40.4 Å². The van der Waals surface area contributed by atoms with Crippen LogP contribution in [0.4, 0.5) is 4.79 Å². The van der Waals surface area contributed by atoms with Gasteiger partial charge in [-0.05, 0) is 89.6 Å². The van der Waals surface area contributed by atoms with Gasteiger partial charge in [-0.1, -0.05) is 92.7 Å². The highest BCUT2D eigenvalue weighted by Gasteiger charge is 2.38. The minimum Gasteiger partial charge on any atom is -0.346 e. The van der Waals surface area contributed by atoms with Gasteiger partial charge >= 0.3 is 6.03 Å². The van der Waals surface area contributed by atoms with Crippen LogP contribution in [0.25, 0.3) is 44.4 Å². The lowest BCUT2D eigenvalue weighted by Crippen LogP contribution is -2.46. The van der Waals surface area contributed by atoms with E-state index in [0.717, 1.165) is 100 Å². The molecule has 12 nitrogen and oxygen atoms in total. The van der Waals surface area contributed by atoms with E-state index in [9.17, 15) is 14.4 Å². The molecule has 4 heterocycles. The number of aromatic amines is 2. The van der Waals surface area contributed by atoms with Gasteiger partial charge < -0.3 is 36.1 Å². The molecular weight excluding hydrogens is 739 g/mol. The number of imidazole rings is 2. The first-order valence-electron chi connectivity index (χ1n) is 20.9. The predicted molar refractivity (Wildman–Crippen MR) is 229 cm³/mol. The third-order valence-corrected chi connectivity index (χ3v) is 12.1. The number of carbonyl (C=O) groups excluding carboxylic acids is 3. The number of nitrogens with one attached hydrogen (secondary N) is 4. The average molecular weight is 790 g/mol. The molecule has 0 radical (unpaired) electrons. The number of likely N-dealkylation sites (tertiary alicyclic amines) is 2. The zero-order valence-electron chi connectivity index (χ0n) is 33.5. The summed E-state index contributed by atoms with van der Waals surface area (Å²) < 4.78 is 0. The molecule has 6 aromatic rings. The Kier molecular flexibility index (Phi) is 10.5. The zero-order chi connectivity index (χ0) is 40.6. The molecule has 9 rings (SSSR count). The molecule has 302 valence electrons. The smallest absolute Gasteiger partial charge is 0.315 e. The standard InChI is InChI=1S/C47H51N9O3/c1-28(2)41(48)45(57)55-22-6-10-39(55)43-50-27-38(53-43)35-19-18-33-24-32(16-17-34(33)25-35)29-12-14-30(15-13-29)37-26-49-44(52-37)40-11-7-23-56(40)46(58)42(31-8-4-3-5-9-31)54-47(59)51-36-20-21-36/h3-5,8-9,12-19,24-28,36,39-42H,6-7,10-11,20-23,48H2,1-2H3,(H,49,52)(H,50,53)(H2,51,54,59)/t39-,40-,41-,42+/m0/s1. The third kappa shape index (κ3) is 7.97. The van der Waals surface area contributed by atoms with Gasteiger partial charge in [-0.25, -0.2) is 14.8 Å². The Morgan fingerprint density at radius 1 is 0.746 bits per heavy atom. The van der Waals surface area contributed by atoms with Crippen LogP contribution in [0.1, 0.15) is 87.7 Å². The number of H-pyrrole nitrogens is 2. The van der Waals surface area contributed by atoms with Crippen LogP contribution in [0.2, 0.25) is 0 Å². The number of amides is 4. The number of urea groups is 1. The Morgan fingerprint density at radius 3 is 2.07 bits per heavy atom. The fraction of sp³-hybridized carbons (Fsp3) is 0.340. The van der Waals surface area contributed by atoms with Gasteiger partial charge in [0.15, 0.2) is 0 Å². The van der Waals surface area contributed by atoms with Crippen LogP contribution >= 0.6 is 0 Å². The van der Waals surface area contributed by atoms with Crippen LogP contribution in [-0.2, 0) is 9.59 Å². The van der Waals surface area contributed by atoms with Crippen molar-refractivity contribution in [3.05, 3.63) is 121 Å². The lowest BCUT2D eigenvalue weighted by molar-refractivity contribution is -0.135. The number of hydrogen-bond acceptors (Lipinski definition) is 6. The minimum atomic E-state index is -0.791. The second kappa shape index (κ2) is 16.2. The number of carbonyl (C=O) groups is 3. The maximum absolute atomic E-state index is 14.1. The minimum absolute atomic E-state index is 0.00763. The molecule has 1 aliphatic carbocycles. The Bertz CT molecular complexity index is 2470. The van der Waals surface area contributed by atoms with Crippen molar-refractivity contribution in [1.29, 1.82) is 0 Å². The second-order valence-electron chi connectivity index (χ2n) is 16.6. The van der Waals surface area contributed by atoms with E-state index in [0.29, 0.717) is 13.1 Å². The van der Waals surface area contributed by atoms with E-state index in [2.05, 4.69) is 81.3 Å². The normalized spacial score (nSPS) is 19.0. The summed E-state index contributed by atoms with van der Waals surface area (Å²) in [5, 5.41) is 8.15. The lowest BCUT2D eigenvalue weighted by atomic mass is 9.98. The first-order chi connectivity index (χ1) is 28.7. The predicted octanol–water partition coefficient (Wildman–Crippen LogP) is 7.80. The molecule has 59 heavy (non-hydrogen) atoms. The number of nitrogens with zero attached hydrogens (tertiary/aromatic N) is 4. The van der Waals surface area contributed by atoms with E-state index >= 15 is 0 Å².